The minimum Gasteiger partial charge on any atom is -0.504 e. The van der Waals surface area contributed by atoms with Crippen LogP contribution in [0.1, 0.15) is 36.5 Å². The van der Waals surface area contributed by atoms with E-state index in [1.165, 1.54) is 50.7 Å². The maximum Gasteiger partial charge on any atom is 0.365 e. The molecule has 2 rings (SSSR count). The summed E-state index contributed by atoms with van der Waals surface area (Å²) in [7, 11) is 2.82. The Balaban J connectivity index is 2.12. The Morgan fingerprint density at radius 2 is 1.58 bits per heavy atom. The van der Waals surface area contributed by atoms with Crippen LogP contribution >= 0.6 is 0 Å². The molecular weight excluding hydrogens is 466 g/mol. The molecule has 0 heterocycles. The van der Waals surface area contributed by atoms with Gasteiger partial charge in [-0.3, -0.25) is 9.59 Å². The molecule has 5 N–H and O–H groups in total. The Hall–Kier alpha value is -4.11. The molecule has 0 aliphatic rings. The van der Waals surface area contributed by atoms with Crippen molar-refractivity contribution in [3.63, 3.8) is 0 Å². The Bertz CT molecular complexity index is 1150. The molecule has 0 aliphatic heterocycles. The smallest absolute Gasteiger partial charge is 0.365 e. The number of carbonyl (C=O) groups excluding carboxylic acids is 3. The predicted octanol–water partition coefficient (Wildman–Crippen LogP) is 2.48. The number of esters is 1. The third-order valence-corrected chi connectivity index (χ3v) is 5.15. The molecule has 0 spiro atoms. The normalized spacial score (nSPS) is 12.0. The van der Waals surface area contributed by atoms with Crippen molar-refractivity contribution < 1.29 is 44.5 Å². The van der Waals surface area contributed by atoms with E-state index < -0.39 is 23.6 Å². The summed E-state index contributed by atoms with van der Waals surface area (Å²) in [5, 5.41) is 19.8. The minimum atomic E-state index is -0.711. The zero-order valence-electron chi connectivity index (χ0n) is 20.7. The highest BCUT2D eigenvalue weighted by Gasteiger charge is 2.22. The molecule has 9 heteroatoms. The van der Waals surface area contributed by atoms with Crippen LogP contribution in [-0.2, 0) is 25.5 Å². The predicted molar refractivity (Wildman–Crippen MR) is 134 cm³/mol. The lowest BCUT2D eigenvalue weighted by molar-refractivity contribution is -0.407. The number of allylic oxidation sites excluding steroid dienone is 2. The number of phenolic OH excluding ortho intramolecular Hbond substituents is 2. The third-order valence-electron chi connectivity index (χ3n) is 5.15. The molecule has 0 fully saturated rings. The molecule has 2 aromatic rings. The first-order chi connectivity index (χ1) is 17.2. The van der Waals surface area contributed by atoms with Crippen molar-refractivity contribution in [1.29, 1.82) is 0 Å². The van der Waals surface area contributed by atoms with Crippen molar-refractivity contribution in [2.24, 2.45) is 0 Å². The van der Waals surface area contributed by atoms with Crippen LogP contribution in [0, 0.1) is 0 Å². The summed E-state index contributed by atoms with van der Waals surface area (Å²) in [6.07, 6.45) is 6.08. The van der Waals surface area contributed by atoms with Crippen molar-refractivity contribution in [3.05, 3.63) is 59.2 Å². The van der Waals surface area contributed by atoms with Crippen LogP contribution in [0.25, 0.3) is 12.2 Å². The Labute approximate surface area is 209 Å². The number of hydrogen-bond donors (Lipinski definition) is 3. The van der Waals surface area contributed by atoms with E-state index in [-0.39, 0.29) is 35.8 Å². The fraction of sp³-hybridized carbons (Fsp3) is 0.296. The van der Waals surface area contributed by atoms with Crippen molar-refractivity contribution in [2.45, 2.75) is 32.2 Å². The van der Waals surface area contributed by atoms with Gasteiger partial charge in [0.25, 0.3) is 0 Å². The first-order valence-corrected chi connectivity index (χ1v) is 11.4. The van der Waals surface area contributed by atoms with Crippen LogP contribution in [0.15, 0.2) is 42.5 Å². The molecule has 192 valence electrons. The number of rotatable bonds is 13. The number of phenols is 2. The van der Waals surface area contributed by atoms with Gasteiger partial charge in [0.2, 0.25) is 0 Å². The average Bonchev–Trinajstić information content (AvgIpc) is 2.86. The van der Waals surface area contributed by atoms with Gasteiger partial charge in [-0.05, 0) is 59.5 Å². The monoisotopic (exact) mass is 498 g/mol. The van der Waals surface area contributed by atoms with Gasteiger partial charge in [-0.15, -0.1) is 0 Å². The van der Waals surface area contributed by atoms with Crippen LogP contribution in [0.4, 0.5) is 0 Å². The Morgan fingerprint density at radius 1 is 0.944 bits per heavy atom. The highest BCUT2D eigenvalue weighted by atomic mass is 16.5. The topological polar surface area (TPSA) is 147 Å². The first kappa shape index (κ1) is 28.1. The van der Waals surface area contributed by atoms with Crippen LogP contribution in [0.2, 0.25) is 0 Å². The number of ether oxygens (including phenoxy) is 3. The highest BCUT2D eigenvalue weighted by Crippen LogP contribution is 2.31. The van der Waals surface area contributed by atoms with E-state index in [4.69, 9.17) is 14.2 Å². The fourth-order valence-electron chi connectivity index (χ4n) is 3.25. The van der Waals surface area contributed by atoms with Crippen LogP contribution in [0.3, 0.4) is 0 Å². The molecule has 1 atom stereocenters. The van der Waals surface area contributed by atoms with Gasteiger partial charge in [0.15, 0.2) is 40.6 Å². The lowest BCUT2D eigenvalue weighted by Crippen LogP contribution is -2.66. The standard InChI is InChI=1S/C27H31NO8/c1-4-11-36-27(33)22(28)13-19-14-24(32)26(35-3)15-18(19)7-9-21(30)16-20(29)8-5-17-6-10-23(31)25(12-17)34-2/h5-10,12,14-15,22,31-32H,4,11,13,16,28H2,1-3H3/p+1/b8-5+,9-7+/t22-/m1/s1. The van der Waals surface area contributed by atoms with Gasteiger partial charge in [0, 0.05) is 6.42 Å². The third kappa shape index (κ3) is 8.28. The van der Waals surface area contributed by atoms with Gasteiger partial charge in [0.05, 0.1) is 27.2 Å². The summed E-state index contributed by atoms with van der Waals surface area (Å²) in [6.45, 7) is 2.18. The first-order valence-electron chi connectivity index (χ1n) is 11.4. The number of methoxy groups -OCH3 is 2. The number of quaternary nitrogens is 1. The summed E-state index contributed by atoms with van der Waals surface area (Å²) < 4.78 is 15.3. The highest BCUT2D eigenvalue weighted by molar-refractivity contribution is 6.11. The van der Waals surface area contributed by atoms with E-state index in [0.717, 1.165) is 0 Å². The van der Waals surface area contributed by atoms with E-state index >= 15 is 0 Å². The van der Waals surface area contributed by atoms with Crippen molar-refractivity contribution >= 4 is 29.7 Å². The van der Waals surface area contributed by atoms with Crippen molar-refractivity contribution in [3.8, 4) is 23.0 Å². The number of benzene rings is 2. The van der Waals surface area contributed by atoms with E-state index in [2.05, 4.69) is 5.73 Å². The van der Waals surface area contributed by atoms with Gasteiger partial charge < -0.3 is 30.2 Å². The van der Waals surface area contributed by atoms with E-state index in [9.17, 15) is 24.6 Å². The van der Waals surface area contributed by atoms with E-state index in [1.54, 1.807) is 18.2 Å². The number of carbonyl (C=O) groups is 3. The molecule has 0 aliphatic carbocycles. The molecule has 36 heavy (non-hydrogen) atoms. The number of ketones is 2. The zero-order valence-corrected chi connectivity index (χ0v) is 20.7. The maximum atomic E-state index is 12.4. The second kappa shape index (κ2) is 13.7. The maximum absolute atomic E-state index is 12.4. The quantitative estimate of drug-likeness (QED) is 0.217. The van der Waals surface area contributed by atoms with E-state index in [0.29, 0.717) is 29.7 Å². The molecule has 0 unspecified atom stereocenters. The molecule has 0 saturated carbocycles. The summed E-state index contributed by atoms with van der Waals surface area (Å²) in [5.41, 5.74) is 5.57. The molecule has 0 saturated heterocycles. The summed E-state index contributed by atoms with van der Waals surface area (Å²) in [5.74, 6) is -0.959. The van der Waals surface area contributed by atoms with Gasteiger partial charge in [-0.25, -0.2) is 4.79 Å². The number of hydrogen-bond acceptors (Lipinski definition) is 8. The Kier molecular flexibility index (Phi) is 10.7. The van der Waals surface area contributed by atoms with Gasteiger partial charge in [-0.2, -0.15) is 0 Å². The van der Waals surface area contributed by atoms with Gasteiger partial charge in [0.1, 0.15) is 0 Å². The summed E-state index contributed by atoms with van der Waals surface area (Å²) in [4.78, 5) is 36.8. The van der Waals surface area contributed by atoms with Crippen molar-refractivity contribution in [2.75, 3.05) is 20.8 Å². The average molecular weight is 499 g/mol. The second-order valence-corrected chi connectivity index (χ2v) is 8.00. The molecule has 0 aromatic heterocycles. The second-order valence-electron chi connectivity index (χ2n) is 8.00. The summed E-state index contributed by atoms with van der Waals surface area (Å²) >= 11 is 0. The zero-order chi connectivity index (χ0) is 26.7. The summed E-state index contributed by atoms with van der Waals surface area (Å²) in [6, 6.07) is 6.90. The SMILES string of the molecule is CCCOC(=O)[C@H]([NH3+])Cc1cc(O)c(OC)cc1/C=C/C(=O)CC(=O)/C=C/c1ccc(O)c(OC)c1. The minimum absolute atomic E-state index is 0.0189. The lowest BCUT2D eigenvalue weighted by atomic mass is 9.98. The Morgan fingerprint density at radius 3 is 2.22 bits per heavy atom. The van der Waals surface area contributed by atoms with Gasteiger partial charge >= 0.3 is 5.97 Å². The lowest BCUT2D eigenvalue weighted by Gasteiger charge is -2.13. The molecule has 0 radical (unpaired) electrons. The molecule has 0 amide bonds. The van der Waals surface area contributed by atoms with Crippen LogP contribution in [-0.4, -0.2) is 54.6 Å². The van der Waals surface area contributed by atoms with Crippen LogP contribution < -0.4 is 15.2 Å². The molecular formula is C27H32NO8+. The molecule has 0 bridgehead atoms. The van der Waals surface area contributed by atoms with Gasteiger partial charge in [-0.1, -0.05) is 25.1 Å². The molecule has 2 aromatic carbocycles. The van der Waals surface area contributed by atoms with Crippen molar-refractivity contribution in [1.82, 2.24) is 0 Å². The largest absolute Gasteiger partial charge is 0.504 e. The fourth-order valence-corrected chi connectivity index (χ4v) is 3.25. The van der Waals surface area contributed by atoms with Crippen LogP contribution in [0.5, 0.6) is 23.0 Å². The molecule has 9 nitrogen and oxygen atoms in total. The van der Waals surface area contributed by atoms with E-state index in [1.807, 2.05) is 6.92 Å². The number of aromatic hydroxyl groups is 2.